The lowest BCUT2D eigenvalue weighted by atomic mass is 9.86. The van der Waals surface area contributed by atoms with Crippen LogP contribution in [0.4, 0.5) is 0 Å². The molecule has 66 valence electrons. The Hall–Kier alpha value is -0.0400. The lowest BCUT2D eigenvalue weighted by Crippen LogP contribution is -2.21. The van der Waals surface area contributed by atoms with E-state index in [0.717, 1.165) is 11.3 Å². The normalized spacial score (nSPS) is 71.2. The quantitative estimate of drug-likeness (QED) is 0.534. The maximum absolute atomic E-state index is 6.00. The molecule has 4 aliphatic rings. The van der Waals surface area contributed by atoms with E-state index in [1.54, 1.807) is 0 Å². The second-order valence-corrected chi connectivity index (χ2v) is 5.53. The van der Waals surface area contributed by atoms with Gasteiger partial charge < -0.3 is 4.74 Å². The van der Waals surface area contributed by atoms with E-state index in [2.05, 4.69) is 6.92 Å². The molecule has 0 aromatic rings. The van der Waals surface area contributed by atoms with Crippen molar-refractivity contribution in [2.24, 2.45) is 16.7 Å². The first-order chi connectivity index (χ1) is 5.79. The first-order valence-electron chi connectivity index (χ1n) is 5.44. The van der Waals surface area contributed by atoms with Gasteiger partial charge in [0, 0.05) is 5.41 Å². The lowest BCUT2D eigenvalue weighted by molar-refractivity contribution is 0.0275. The molecule has 2 saturated carbocycles. The minimum atomic E-state index is 0.681. The van der Waals surface area contributed by atoms with Gasteiger partial charge >= 0.3 is 0 Å². The maximum atomic E-state index is 6.00. The average Bonchev–Trinajstić information content (AvgIpc) is 2.55. The summed E-state index contributed by atoms with van der Waals surface area (Å²) in [5, 5.41) is 0. The molecule has 0 amide bonds. The Bertz CT molecular complexity index is 262. The summed E-state index contributed by atoms with van der Waals surface area (Å²) in [5.74, 6) is 0.984. The minimum absolute atomic E-state index is 0.681. The standard InChI is InChI=1S/C11H16O/c1-10-5-2-6-11(10)8-4-3-7(12-8)9(10)11/h7-9H,2-6H2,1H3/t7?,8?,9-,10?,11?/m0/s1. The topological polar surface area (TPSA) is 9.23 Å². The Morgan fingerprint density at radius 3 is 3.00 bits per heavy atom. The number of fused-ring (bicyclic) bond motifs is 4. The third-order valence-corrected chi connectivity index (χ3v) is 5.51. The van der Waals surface area contributed by atoms with Gasteiger partial charge in [-0.25, -0.2) is 0 Å². The fourth-order valence-corrected chi connectivity index (χ4v) is 5.17. The molecule has 1 heteroatoms. The van der Waals surface area contributed by atoms with Crippen LogP contribution in [0.5, 0.6) is 0 Å². The van der Waals surface area contributed by atoms with Crippen molar-refractivity contribution in [1.82, 2.24) is 0 Å². The van der Waals surface area contributed by atoms with Crippen molar-refractivity contribution >= 4 is 0 Å². The first-order valence-corrected chi connectivity index (χ1v) is 5.44. The summed E-state index contributed by atoms with van der Waals surface area (Å²) in [4.78, 5) is 0. The van der Waals surface area contributed by atoms with Gasteiger partial charge in [-0.05, 0) is 37.0 Å². The monoisotopic (exact) mass is 164 g/mol. The molecule has 1 nitrogen and oxygen atoms in total. The van der Waals surface area contributed by atoms with E-state index >= 15 is 0 Å². The summed E-state index contributed by atoms with van der Waals surface area (Å²) in [6.07, 6.45) is 8.55. The Balaban J connectivity index is 1.87. The molecule has 12 heavy (non-hydrogen) atoms. The van der Waals surface area contributed by atoms with Crippen LogP contribution in [0.25, 0.3) is 0 Å². The van der Waals surface area contributed by atoms with E-state index in [0.29, 0.717) is 17.6 Å². The van der Waals surface area contributed by atoms with Gasteiger partial charge in [-0.15, -0.1) is 0 Å². The fourth-order valence-electron chi connectivity index (χ4n) is 5.17. The molecule has 2 bridgehead atoms. The number of rotatable bonds is 0. The van der Waals surface area contributed by atoms with Crippen molar-refractivity contribution in [1.29, 1.82) is 0 Å². The maximum Gasteiger partial charge on any atom is 0.0645 e. The number of ether oxygens (including phenoxy) is 1. The smallest absolute Gasteiger partial charge is 0.0645 e. The Labute approximate surface area is 73.5 Å². The average molecular weight is 164 g/mol. The van der Waals surface area contributed by atoms with Gasteiger partial charge in [0.25, 0.3) is 0 Å². The summed E-state index contributed by atoms with van der Waals surface area (Å²) < 4.78 is 6.00. The highest BCUT2D eigenvalue weighted by Gasteiger charge is 2.85. The molecular formula is C11H16O. The summed E-state index contributed by atoms with van der Waals surface area (Å²) in [6.45, 7) is 2.53. The molecule has 0 N–H and O–H groups in total. The summed E-state index contributed by atoms with van der Waals surface area (Å²) in [6, 6.07) is 0. The van der Waals surface area contributed by atoms with Crippen LogP contribution in [0.3, 0.4) is 0 Å². The van der Waals surface area contributed by atoms with E-state index in [9.17, 15) is 0 Å². The van der Waals surface area contributed by atoms with Crippen molar-refractivity contribution in [3.8, 4) is 0 Å². The molecule has 1 spiro atoms. The molecule has 2 aliphatic heterocycles. The highest BCUT2D eigenvalue weighted by Crippen LogP contribution is 2.86. The van der Waals surface area contributed by atoms with E-state index in [4.69, 9.17) is 4.74 Å². The SMILES string of the molecule is CC12CCCC13C1CCC(O1)[C@@H]23. The molecule has 0 aromatic heterocycles. The molecule has 0 aromatic carbocycles. The molecule has 4 rings (SSSR count). The highest BCUT2D eigenvalue weighted by molar-refractivity contribution is 5.32. The van der Waals surface area contributed by atoms with Gasteiger partial charge in [-0.1, -0.05) is 13.3 Å². The van der Waals surface area contributed by atoms with E-state index < -0.39 is 0 Å². The van der Waals surface area contributed by atoms with Crippen LogP contribution in [0.15, 0.2) is 0 Å². The highest BCUT2D eigenvalue weighted by atomic mass is 16.5. The third-order valence-electron chi connectivity index (χ3n) is 5.51. The molecular weight excluding hydrogens is 148 g/mol. The number of hydrogen-bond acceptors (Lipinski definition) is 1. The second-order valence-electron chi connectivity index (χ2n) is 5.53. The minimum Gasteiger partial charge on any atom is -0.374 e. The van der Waals surface area contributed by atoms with E-state index in [1.165, 1.54) is 32.1 Å². The summed E-state index contributed by atoms with van der Waals surface area (Å²) >= 11 is 0. The van der Waals surface area contributed by atoms with Gasteiger partial charge in [0.15, 0.2) is 0 Å². The lowest BCUT2D eigenvalue weighted by Gasteiger charge is -2.20. The summed E-state index contributed by atoms with van der Waals surface area (Å²) in [7, 11) is 0. The van der Waals surface area contributed by atoms with Gasteiger partial charge in [0.2, 0.25) is 0 Å². The molecule has 2 saturated heterocycles. The van der Waals surface area contributed by atoms with Crippen LogP contribution < -0.4 is 0 Å². The van der Waals surface area contributed by atoms with Gasteiger partial charge in [-0.3, -0.25) is 0 Å². The Morgan fingerprint density at radius 2 is 2.17 bits per heavy atom. The molecule has 4 unspecified atom stereocenters. The van der Waals surface area contributed by atoms with Crippen molar-refractivity contribution in [3.63, 3.8) is 0 Å². The predicted octanol–water partition coefficient (Wildman–Crippen LogP) is 2.35. The third kappa shape index (κ3) is 0.379. The molecule has 0 radical (unpaired) electrons. The zero-order chi connectivity index (χ0) is 7.97. The zero-order valence-electron chi connectivity index (χ0n) is 7.68. The van der Waals surface area contributed by atoms with Crippen LogP contribution >= 0.6 is 0 Å². The van der Waals surface area contributed by atoms with Gasteiger partial charge in [0.05, 0.1) is 12.2 Å². The largest absolute Gasteiger partial charge is 0.374 e. The fraction of sp³-hybridized carbons (Fsp3) is 1.00. The van der Waals surface area contributed by atoms with Crippen molar-refractivity contribution < 1.29 is 4.74 Å². The van der Waals surface area contributed by atoms with Crippen molar-refractivity contribution in [2.75, 3.05) is 0 Å². The second kappa shape index (κ2) is 1.50. The molecule has 2 aliphatic carbocycles. The predicted molar refractivity (Wildman–Crippen MR) is 45.8 cm³/mol. The molecule has 5 atom stereocenters. The Morgan fingerprint density at radius 1 is 1.25 bits per heavy atom. The van der Waals surface area contributed by atoms with E-state index in [1.807, 2.05) is 0 Å². The van der Waals surface area contributed by atoms with Crippen LogP contribution in [0.2, 0.25) is 0 Å². The van der Waals surface area contributed by atoms with Crippen LogP contribution in [0, 0.1) is 16.7 Å². The van der Waals surface area contributed by atoms with Gasteiger partial charge in [0.1, 0.15) is 0 Å². The van der Waals surface area contributed by atoms with Crippen LogP contribution in [-0.4, -0.2) is 12.2 Å². The Kier molecular flexibility index (Phi) is 0.800. The first kappa shape index (κ1) is 6.42. The van der Waals surface area contributed by atoms with Gasteiger partial charge in [-0.2, -0.15) is 0 Å². The van der Waals surface area contributed by atoms with Crippen molar-refractivity contribution in [2.45, 2.75) is 51.2 Å². The zero-order valence-corrected chi connectivity index (χ0v) is 7.68. The molecule has 2 heterocycles. The van der Waals surface area contributed by atoms with Crippen molar-refractivity contribution in [3.05, 3.63) is 0 Å². The van der Waals surface area contributed by atoms with E-state index in [-0.39, 0.29) is 0 Å². The summed E-state index contributed by atoms with van der Waals surface area (Å²) in [5.41, 5.74) is 1.44. The molecule has 4 fully saturated rings. The van der Waals surface area contributed by atoms with Crippen LogP contribution in [-0.2, 0) is 4.74 Å². The number of hydrogen-bond donors (Lipinski definition) is 0. The van der Waals surface area contributed by atoms with Crippen LogP contribution in [0.1, 0.15) is 39.0 Å².